The maximum Gasteiger partial charge on any atom is 0.0745 e. The molecule has 0 N–H and O–H groups in total. The Morgan fingerprint density at radius 2 is 0.939 bits per heavy atom. The van der Waals surface area contributed by atoms with Crippen molar-refractivity contribution in [3.63, 3.8) is 0 Å². The second-order valence-electron chi connectivity index (χ2n) is 16.1. The summed E-state index contributed by atoms with van der Waals surface area (Å²) >= 11 is 0. The molecule has 1 rings (SSSR count). The van der Waals surface area contributed by atoms with Crippen LogP contribution in [0.15, 0.2) is 0 Å². The topological polar surface area (TPSA) is 3.24 Å². The molecule has 0 aliphatic carbocycles. The van der Waals surface area contributed by atoms with E-state index in [1.54, 1.807) is 0 Å². The van der Waals surface area contributed by atoms with Crippen LogP contribution in [-0.4, -0.2) is 76.0 Å². The molecule has 0 aromatic carbocycles. The number of rotatable bonds is 9. The van der Waals surface area contributed by atoms with Gasteiger partial charge in [0.05, 0.1) is 20.8 Å². The van der Waals surface area contributed by atoms with Crippen molar-refractivity contribution in [2.45, 2.75) is 156 Å². The Hall–Kier alpha value is 1.54. The maximum absolute atomic E-state index is 3.34. The zero-order valence-electron chi connectivity index (χ0n) is 26.2. The lowest BCUT2D eigenvalue weighted by atomic mass is 10.2. The van der Waals surface area contributed by atoms with Crippen LogP contribution >= 0.6 is 0 Å². The van der Waals surface area contributed by atoms with Gasteiger partial charge >= 0.3 is 0 Å². The number of hydrogen-bond acceptors (Lipinski definition) is 1. The third-order valence-corrected chi connectivity index (χ3v) is 152. The molecule has 1 fully saturated rings. The molecule has 1 heterocycles. The summed E-state index contributed by atoms with van der Waals surface area (Å²) in [6.07, 6.45) is 2.91. The summed E-state index contributed by atoms with van der Waals surface area (Å²) in [4.78, 5) is 0. The average molecular weight is 589 g/mol. The molecule has 0 spiro atoms. The first-order valence-electron chi connectivity index (χ1n) is 13.8. The van der Waals surface area contributed by atoms with Crippen molar-refractivity contribution in [1.29, 1.82) is 0 Å². The summed E-state index contributed by atoms with van der Waals surface area (Å²) in [5, 5.41) is 0. The molecule has 0 unspecified atom stereocenters. The summed E-state index contributed by atoms with van der Waals surface area (Å²) in [5.41, 5.74) is 1.92. The maximum atomic E-state index is 3.34. The molecule has 0 aromatic heterocycles. The molecule has 0 saturated carbocycles. The molecule has 0 aromatic rings. The van der Waals surface area contributed by atoms with E-state index < -0.39 is 51.2 Å². The van der Waals surface area contributed by atoms with Crippen LogP contribution in [0.25, 0.3) is 0 Å². The first-order valence-corrected chi connectivity index (χ1v) is 41.4. The van der Waals surface area contributed by atoms with E-state index in [1.165, 1.54) is 21.0 Å². The zero-order valence-corrected chi connectivity index (χ0v) is 34.2. The number of nitrogens with zero attached hydrogens (tertiary/aromatic N) is 1. The van der Waals surface area contributed by atoms with E-state index >= 15 is 0 Å². The van der Waals surface area contributed by atoms with Gasteiger partial charge in [-0.25, -0.2) is 0 Å². The molecule has 33 heavy (non-hydrogen) atoms. The van der Waals surface area contributed by atoms with Crippen molar-refractivity contribution in [2.75, 3.05) is 0 Å². The van der Waals surface area contributed by atoms with Crippen LogP contribution in [0.4, 0.5) is 0 Å². The highest BCUT2D eigenvalue weighted by Gasteiger charge is 2.63. The predicted molar refractivity (Wildman–Crippen MR) is 177 cm³/mol. The second-order valence-corrected chi connectivity index (χ2v) is 89.6. The van der Waals surface area contributed by atoms with Crippen molar-refractivity contribution >= 4 is 59.3 Å². The van der Waals surface area contributed by atoms with Gasteiger partial charge in [-0.3, -0.25) is 0 Å². The van der Waals surface area contributed by atoms with Crippen molar-refractivity contribution in [2.24, 2.45) is 0 Å². The minimum Gasteiger partial charge on any atom is -0.408 e. The second kappa shape index (κ2) is 10.4. The van der Waals surface area contributed by atoms with Gasteiger partial charge in [-0.05, 0) is 26.7 Å². The minimum atomic E-state index is -1.47. The molecule has 195 valence electrons. The molecular weight excluding hydrogens is 527 g/mol. The average Bonchev–Trinajstić information content (AvgIpc) is 2.84. The highest BCUT2D eigenvalue weighted by atomic mass is 30.1. The predicted octanol–water partition coefficient (Wildman–Crippen LogP) is 8.01. The van der Waals surface area contributed by atoms with Gasteiger partial charge in [0.15, 0.2) is 0 Å². The first-order chi connectivity index (χ1) is 14.4. The van der Waals surface area contributed by atoms with Gasteiger partial charge < -0.3 is 4.57 Å². The first kappa shape index (κ1) is 32.6. The van der Waals surface area contributed by atoms with Gasteiger partial charge in [-0.2, -0.15) is 0 Å². The minimum absolute atomic E-state index is 0.542. The Morgan fingerprint density at radius 3 is 1.15 bits per heavy atom. The molecule has 1 nitrogen and oxygen atoms in total. The van der Waals surface area contributed by atoms with Crippen molar-refractivity contribution in [3.05, 3.63) is 0 Å². The van der Waals surface area contributed by atoms with Crippen LogP contribution in [0.1, 0.15) is 54.4 Å². The lowest BCUT2D eigenvalue weighted by Gasteiger charge is -2.60. The molecule has 2 atom stereocenters. The van der Waals surface area contributed by atoms with E-state index in [-0.39, 0.29) is 0 Å². The zero-order chi connectivity index (χ0) is 26.6. The summed E-state index contributed by atoms with van der Waals surface area (Å²) in [5.74, 6) is 0. The smallest absolute Gasteiger partial charge is 0.0745 e. The SMILES string of the molecule is CC(C)[Si]([Si]=[Si](N1[C@H](C)CC[C@@H]1C)[Si](C(C)C)([Si](C)(C)C)[Si](C)(C)C)([Si](C)(C)C)[Si](C)(C)C. The summed E-state index contributed by atoms with van der Waals surface area (Å²) < 4.78 is 3.34. The molecule has 0 bridgehead atoms. The van der Waals surface area contributed by atoms with E-state index in [0.29, 0.717) is 0 Å². The van der Waals surface area contributed by atoms with Gasteiger partial charge in [0.2, 0.25) is 0 Å². The standard InChI is InChI=1S/C24H62NSi8/c1-21(2)32(28(7,8)9,29(10,11)12)26-27(25-23(5)19-20-24(25)6)33(22(3)4,30(13,14)15)31(16,17)18/h21-24H,19-20H2,1-18H3/t23-,24+. The Balaban J connectivity index is 4.42. The largest absolute Gasteiger partial charge is 0.408 e. The van der Waals surface area contributed by atoms with Crippen LogP contribution in [0.3, 0.4) is 0 Å². The summed E-state index contributed by atoms with van der Waals surface area (Å²) in [6.45, 7) is 47.3. The van der Waals surface area contributed by atoms with Gasteiger partial charge in [0.25, 0.3) is 0 Å². The van der Waals surface area contributed by atoms with Crippen LogP contribution in [0.5, 0.6) is 0 Å². The van der Waals surface area contributed by atoms with Gasteiger partial charge in [-0.15, -0.1) is 0 Å². The summed E-state index contributed by atoms with van der Waals surface area (Å²) in [7, 11) is -4.30. The molecular formula is C24H62NSi8. The van der Waals surface area contributed by atoms with Gasteiger partial charge in [0.1, 0.15) is 0 Å². The van der Waals surface area contributed by atoms with Crippen molar-refractivity contribution in [1.82, 2.24) is 4.57 Å². The summed E-state index contributed by atoms with van der Waals surface area (Å²) in [6, 6.07) is 1.67. The van der Waals surface area contributed by atoms with Gasteiger partial charge in [0, 0.05) is 50.6 Å². The molecule has 9 heteroatoms. The van der Waals surface area contributed by atoms with Crippen LogP contribution < -0.4 is 0 Å². The van der Waals surface area contributed by atoms with E-state index in [9.17, 15) is 0 Å². The molecule has 1 saturated heterocycles. The lowest BCUT2D eigenvalue weighted by Crippen LogP contribution is -2.85. The normalized spacial score (nSPS) is 22.7. The Labute approximate surface area is 218 Å². The fraction of sp³-hybridized carbons (Fsp3) is 1.00. The third kappa shape index (κ3) is 5.55. The lowest BCUT2D eigenvalue weighted by molar-refractivity contribution is 0.371. The molecule has 0 amide bonds. The molecule has 1 aliphatic heterocycles. The molecule has 1 radical (unpaired) electrons. The highest BCUT2D eigenvalue weighted by molar-refractivity contribution is 7.94. The van der Waals surface area contributed by atoms with Gasteiger partial charge in [-0.1, -0.05) is 117 Å². The fourth-order valence-corrected chi connectivity index (χ4v) is 224. The van der Waals surface area contributed by atoms with E-state index in [4.69, 9.17) is 0 Å². The third-order valence-electron chi connectivity index (χ3n) is 9.36. The van der Waals surface area contributed by atoms with E-state index in [1.807, 2.05) is 0 Å². The monoisotopic (exact) mass is 588 g/mol. The van der Waals surface area contributed by atoms with E-state index in [2.05, 4.69) is 125 Å². The molecule has 1 aliphatic rings. The highest BCUT2D eigenvalue weighted by Crippen LogP contribution is 2.43. The number of hydrogen-bond donors (Lipinski definition) is 0. The van der Waals surface area contributed by atoms with Crippen LogP contribution in [0.2, 0.25) is 89.6 Å². The van der Waals surface area contributed by atoms with Crippen molar-refractivity contribution < 1.29 is 0 Å². The Kier molecular flexibility index (Phi) is 10.2. The Morgan fingerprint density at radius 1 is 0.606 bits per heavy atom. The quantitative estimate of drug-likeness (QED) is 0.247. The Bertz CT molecular complexity index is 666. The van der Waals surface area contributed by atoms with E-state index in [0.717, 1.165) is 23.2 Å². The van der Waals surface area contributed by atoms with Crippen molar-refractivity contribution in [3.8, 4) is 0 Å². The fourth-order valence-electron chi connectivity index (χ4n) is 9.41. The van der Waals surface area contributed by atoms with Crippen LogP contribution in [0, 0.1) is 0 Å². The van der Waals surface area contributed by atoms with Crippen LogP contribution in [-0.2, 0) is 0 Å².